The number of hydrogen-bond acceptors (Lipinski definition) is 6. The van der Waals surface area contributed by atoms with Gasteiger partial charge in [0.25, 0.3) is 5.91 Å². The molecule has 0 atom stereocenters. The van der Waals surface area contributed by atoms with Crippen molar-refractivity contribution in [3.63, 3.8) is 0 Å². The summed E-state index contributed by atoms with van der Waals surface area (Å²) < 4.78 is 5.38. The van der Waals surface area contributed by atoms with Gasteiger partial charge < -0.3 is 4.74 Å². The van der Waals surface area contributed by atoms with Crippen molar-refractivity contribution in [1.82, 2.24) is 10.2 Å². The number of nitrogens with zero attached hydrogens (tertiary/aromatic N) is 3. The Balaban J connectivity index is 1.50. The fourth-order valence-electron chi connectivity index (χ4n) is 2.08. The summed E-state index contributed by atoms with van der Waals surface area (Å²) >= 11 is 1.34. The van der Waals surface area contributed by atoms with E-state index in [-0.39, 0.29) is 12.5 Å². The van der Waals surface area contributed by atoms with Crippen LogP contribution in [0.5, 0.6) is 5.75 Å². The minimum Gasteiger partial charge on any atom is -0.484 e. The van der Waals surface area contributed by atoms with Gasteiger partial charge in [-0.15, -0.1) is 10.2 Å². The molecule has 25 heavy (non-hydrogen) atoms. The van der Waals surface area contributed by atoms with Crippen molar-refractivity contribution < 1.29 is 9.53 Å². The average molecular weight is 350 g/mol. The Bertz CT molecular complexity index is 885. The maximum absolute atomic E-state index is 11.9. The molecule has 0 unspecified atom stereocenters. The van der Waals surface area contributed by atoms with E-state index in [1.165, 1.54) is 11.3 Å². The van der Waals surface area contributed by atoms with Crippen LogP contribution < -0.4 is 10.1 Å². The molecule has 0 aliphatic carbocycles. The maximum atomic E-state index is 11.9. The van der Waals surface area contributed by atoms with Gasteiger partial charge in [-0.25, -0.2) is 0 Å². The molecule has 0 saturated heterocycles. The lowest BCUT2D eigenvalue weighted by Crippen LogP contribution is -2.20. The van der Waals surface area contributed by atoms with Crippen LogP contribution in [0.15, 0.2) is 54.6 Å². The van der Waals surface area contributed by atoms with E-state index in [9.17, 15) is 4.79 Å². The van der Waals surface area contributed by atoms with E-state index in [1.807, 2.05) is 36.4 Å². The molecule has 0 aliphatic heterocycles. The first-order valence-corrected chi connectivity index (χ1v) is 8.34. The molecule has 7 heteroatoms. The molecule has 0 saturated carbocycles. The van der Waals surface area contributed by atoms with Crippen LogP contribution in [0.1, 0.15) is 16.1 Å². The lowest BCUT2D eigenvalue weighted by atomic mass is 10.2. The van der Waals surface area contributed by atoms with Gasteiger partial charge in [0.2, 0.25) is 5.13 Å². The predicted molar refractivity (Wildman–Crippen MR) is 94.4 cm³/mol. The fraction of sp³-hybridized carbons (Fsp3) is 0.111. The Morgan fingerprint density at radius 1 is 1.12 bits per heavy atom. The van der Waals surface area contributed by atoms with Crippen LogP contribution in [0.4, 0.5) is 5.13 Å². The van der Waals surface area contributed by atoms with E-state index in [0.29, 0.717) is 22.9 Å². The van der Waals surface area contributed by atoms with Crippen molar-refractivity contribution >= 4 is 22.4 Å². The van der Waals surface area contributed by atoms with Crippen molar-refractivity contribution in [3.05, 3.63) is 70.7 Å². The van der Waals surface area contributed by atoms with Crippen LogP contribution in [-0.2, 0) is 11.2 Å². The topological polar surface area (TPSA) is 87.9 Å². The first kappa shape index (κ1) is 16.6. The van der Waals surface area contributed by atoms with Gasteiger partial charge in [0, 0.05) is 6.42 Å². The number of carbonyl (C=O) groups excluding carboxylic acids is 1. The number of rotatable bonds is 6. The Kier molecular flexibility index (Phi) is 5.34. The molecule has 1 amide bonds. The average Bonchev–Trinajstić information content (AvgIpc) is 3.08. The summed E-state index contributed by atoms with van der Waals surface area (Å²) in [6.07, 6.45) is 0.677. The molecule has 1 N–H and O–H groups in total. The van der Waals surface area contributed by atoms with Gasteiger partial charge in [0.05, 0.1) is 11.6 Å². The summed E-state index contributed by atoms with van der Waals surface area (Å²) in [5.74, 6) is 0.211. The first-order valence-electron chi connectivity index (χ1n) is 7.52. The monoisotopic (exact) mass is 350 g/mol. The second-order valence-electron chi connectivity index (χ2n) is 5.14. The Morgan fingerprint density at radius 3 is 2.60 bits per heavy atom. The van der Waals surface area contributed by atoms with E-state index in [4.69, 9.17) is 10.00 Å². The third-order valence-electron chi connectivity index (χ3n) is 3.26. The highest BCUT2D eigenvalue weighted by atomic mass is 32.1. The van der Waals surface area contributed by atoms with Gasteiger partial charge >= 0.3 is 0 Å². The second kappa shape index (κ2) is 8.04. The van der Waals surface area contributed by atoms with E-state index >= 15 is 0 Å². The molecule has 2 aromatic carbocycles. The molecule has 1 aromatic heterocycles. The molecule has 0 radical (unpaired) electrons. The van der Waals surface area contributed by atoms with Crippen molar-refractivity contribution in [2.24, 2.45) is 0 Å². The molecule has 3 aromatic rings. The van der Waals surface area contributed by atoms with Crippen LogP contribution in [-0.4, -0.2) is 22.7 Å². The highest BCUT2D eigenvalue weighted by molar-refractivity contribution is 7.15. The summed E-state index contributed by atoms with van der Waals surface area (Å²) in [5.41, 5.74) is 1.68. The molecule has 124 valence electrons. The van der Waals surface area contributed by atoms with Gasteiger partial charge in [-0.05, 0) is 29.8 Å². The van der Waals surface area contributed by atoms with Crippen LogP contribution in [0.25, 0.3) is 0 Å². The van der Waals surface area contributed by atoms with Gasteiger partial charge in [0.15, 0.2) is 6.61 Å². The van der Waals surface area contributed by atoms with E-state index < -0.39 is 0 Å². The number of anilines is 1. The lowest BCUT2D eigenvalue weighted by Gasteiger charge is -2.05. The highest BCUT2D eigenvalue weighted by Crippen LogP contribution is 2.18. The predicted octanol–water partition coefficient (Wildman–Crippen LogP) is 3.02. The number of carbonyl (C=O) groups is 1. The fourth-order valence-corrected chi connectivity index (χ4v) is 2.87. The number of nitrogens with one attached hydrogen (secondary N) is 1. The summed E-state index contributed by atoms with van der Waals surface area (Å²) in [6.45, 7) is -0.139. The van der Waals surface area contributed by atoms with Crippen LogP contribution in [0.2, 0.25) is 0 Å². The van der Waals surface area contributed by atoms with E-state index in [1.54, 1.807) is 24.3 Å². The molecule has 6 nitrogen and oxygen atoms in total. The normalized spacial score (nSPS) is 10.0. The van der Waals surface area contributed by atoms with Gasteiger partial charge in [-0.1, -0.05) is 41.7 Å². The van der Waals surface area contributed by atoms with Crippen molar-refractivity contribution in [1.29, 1.82) is 5.26 Å². The molecule has 1 heterocycles. The number of benzene rings is 2. The molecule has 3 rings (SSSR count). The molecular weight excluding hydrogens is 336 g/mol. The Labute approximate surface area is 148 Å². The summed E-state index contributed by atoms with van der Waals surface area (Å²) in [4.78, 5) is 11.9. The molecule has 0 fully saturated rings. The lowest BCUT2D eigenvalue weighted by molar-refractivity contribution is -0.118. The zero-order valence-electron chi connectivity index (χ0n) is 13.2. The number of amides is 1. The van der Waals surface area contributed by atoms with Crippen LogP contribution >= 0.6 is 11.3 Å². The second-order valence-corrected chi connectivity index (χ2v) is 6.20. The Morgan fingerprint density at radius 2 is 1.88 bits per heavy atom. The largest absolute Gasteiger partial charge is 0.484 e. The smallest absolute Gasteiger partial charge is 0.264 e. The number of nitriles is 1. The SMILES string of the molecule is N#Cc1ccc(OCC(=O)Nc2nnc(Cc3ccccc3)s2)cc1. The van der Waals surface area contributed by atoms with Crippen LogP contribution in [0, 0.1) is 11.3 Å². The Hall–Kier alpha value is -3.24. The summed E-state index contributed by atoms with van der Waals surface area (Å²) in [5, 5.41) is 20.7. The van der Waals surface area contributed by atoms with E-state index in [2.05, 4.69) is 15.5 Å². The minimum absolute atomic E-state index is 0.139. The molecule has 0 aliphatic rings. The standard InChI is InChI=1S/C18H14N4O2S/c19-11-14-6-8-15(9-7-14)24-12-16(23)20-18-22-21-17(25-18)10-13-4-2-1-3-5-13/h1-9H,10,12H2,(H,20,22,23). The minimum atomic E-state index is -0.313. The third kappa shape index (κ3) is 4.86. The van der Waals surface area contributed by atoms with Crippen molar-refractivity contribution in [3.8, 4) is 11.8 Å². The van der Waals surface area contributed by atoms with Gasteiger partial charge in [-0.3, -0.25) is 10.1 Å². The number of ether oxygens (including phenoxy) is 1. The zero-order chi connectivity index (χ0) is 17.5. The molecular formula is C18H14N4O2S. The van der Waals surface area contributed by atoms with Crippen molar-refractivity contribution in [2.45, 2.75) is 6.42 Å². The van der Waals surface area contributed by atoms with E-state index in [0.717, 1.165) is 10.6 Å². The molecule has 0 bridgehead atoms. The van der Waals surface area contributed by atoms with Crippen LogP contribution in [0.3, 0.4) is 0 Å². The number of hydrogen-bond donors (Lipinski definition) is 1. The zero-order valence-corrected chi connectivity index (χ0v) is 14.0. The highest BCUT2D eigenvalue weighted by Gasteiger charge is 2.09. The maximum Gasteiger partial charge on any atom is 0.264 e. The quantitative estimate of drug-likeness (QED) is 0.738. The first-order chi connectivity index (χ1) is 12.2. The van der Waals surface area contributed by atoms with Gasteiger partial charge in [0.1, 0.15) is 10.8 Å². The summed E-state index contributed by atoms with van der Waals surface area (Å²) in [7, 11) is 0. The molecule has 0 spiro atoms. The number of aromatic nitrogens is 2. The third-order valence-corrected chi connectivity index (χ3v) is 4.10. The van der Waals surface area contributed by atoms with Gasteiger partial charge in [-0.2, -0.15) is 5.26 Å². The van der Waals surface area contributed by atoms with Crippen molar-refractivity contribution in [2.75, 3.05) is 11.9 Å². The summed E-state index contributed by atoms with van der Waals surface area (Å²) in [6, 6.07) is 18.5.